The molecule has 2 N–H and O–H groups in total. The molecule has 0 saturated carbocycles. The topological polar surface area (TPSA) is 70.1 Å². The molecule has 0 aliphatic carbocycles. The predicted octanol–water partition coefficient (Wildman–Crippen LogP) is 0.354. The third-order valence-electron chi connectivity index (χ3n) is 1.39. The Morgan fingerprint density at radius 2 is 2.62 bits per heavy atom. The first-order chi connectivity index (χ1) is 6.29. The number of nitrogens with zero attached hydrogens (tertiary/aromatic N) is 2. The average molecular weight is 178 g/mol. The van der Waals surface area contributed by atoms with E-state index in [0.29, 0.717) is 0 Å². The SMILES string of the molecule is C=CNC(=NC)C(=O)c1ncc[nH]1. The minimum absolute atomic E-state index is 0.213. The van der Waals surface area contributed by atoms with Crippen LogP contribution in [0.15, 0.2) is 30.2 Å². The van der Waals surface area contributed by atoms with Gasteiger partial charge in [0, 0.05) is 19.4 Å². The quantitative estimate of drug-likeness (QED) is 0.398. The third kappa shape index (κ3) is 2.02. The second-order valence-corrected chi connectivity index (χ2v) is 2.19. The van der Waals surface area contributed by atoms with Crippen molar-refractivity contribution >= 4 is 11.6 Å². The molecule has 1 aromatic heterocycles. The van der Waals surface area contributed by atoms with Crippen molar-refractivity contribution in [2.75, 3.05) is 7.05 Å². The molecule has 5 heteroatoms. The number of aliphatic imine (C=N–C) groups is 1. The first-order valence-electron chi connectivity index (χ1n) is 3.68. The molecule has 1 aromatic rings. The summed E-state index contributed by atoms with van der Waals surface area (Å²) in [6, 6.07) is 0. The molecule has 0 atom stereocenters. The fraction of sp³-hybridized carbons (Fsp3) is 0.125. The van der Waals surface area contributed by atoms with E-state index in [1.807, 2.05) is 0 Å². The van der Waals surface area contributed by atoms with Crippen molar-refractivity contribution in [3.05, 3.63) is 31.0 Å². The van der Waals surface area contributed by atoms with Crippen LogP contribution in [0.3, 0.4) is 0 Å². The Morgan fingerprint density at radius 3 is 3.08 bits per heavy atom. The number of rotatable bonds is 3. The number of H-pyrrole nitrogens is 1. The molecule has 0 bridgehead atoms. The van der Waals surface area contributed by atoms with E-state index in [4.69, 9.17) is 0 Å². The molecule has 1 heterocycles. The van der Waals surface area contributed by atoms with Gasteiger partial charge in [0.1, 0.15) is 0 Å². The monoisotopic (exact) mass is 178 g/mol. The number of amidine groups is 1. The number of Topliss-reactive ketones (excluding diaryl/α,β-unsaturated/α-hetero) is 1. The molecule has 68 valence electrons. The number of ketones is 1. The molecular weight excluding hydrogens is 168 g/mol. The Morgan fingerprint density at radius 1 is 1.85 bits per heavy atom. The summed E-state index contributed by atoms with van der Waals surface area (Å²) >= 11 is 0. The van der Waals surface area contributed by atoms with Crippen LogP contribution in [0.2, 0.25) is 0 Å². The van der Waals surface area contributed by atoms with Gasteiger partial charge in [-0.3, -0.25) is 9.79 Å². The Hall–Kier alpha value is -1.91. The number of hydrogen-bond acceptors (Lipinski definition) is 3. The van der Waals surface area contributed by atoms with E-state index in [0.717, 1.165) is 0 Å². The summed E-state index contributed by atoms with van der Waals surface area (Å²) in [5.41, 5.74) is 0. The lowest BCUT2D eigenvalue weighted by Gasteiger charge is -2.00. The number of aromatic amines is 1. The van der Waals surface area contributed by atoms with Crippen LogP contribution in [0.5, 0.6) is 0 Å². The molecule has 0 saturated heterocycles. The molecule has 0 unspecified atom stereocenters. The van der Waals surface area contributed by atoms with Crippen molar-refractivity contribution in [2.45, 2.75) is 0 Å². The Balaban J connectivity index is 2.83. The molecule has 0 amide bonds. The van der Waals surface area contributed by atoms with Gasteiger partial charge >= 0.3 is 0 Å². The van der Waals surface area contributed by atoms with E-state index >= 15 is 0 Å². The number of imidazole rings is 1. The molecule has 0 fully saturated rings. The first-order valence-corrected chi connectivity index (χ1v) is 3.68. The summed E-state index contributed by atoms with van der Waals surface area (Å²) in [5.74, 6) is 0.187. The van der Waals surface area contributed by atoms with Gasteiger partial charge in [0.2, 0.25) is 0 Å². The summed E-state index contributed by atoms with van der Waals surface area (Å²) in [6.07, 6.45) is 4.48. The van der Waals surface area contributed by atoms with Crippen LogP contribution >= 0.6 is 0 Å². The maximum absolute atomic E-state index is 11.5. The lowest BCUT2D eigenvalue weighted by molar-refractivity contribution is 0.105. The number of aromatic nitrogens is 2. The van der Waals surface area contributed by atoms with Crippen LogP contribution in [-0.2, 0) is 0 Å². The number of carbonyl (C=O) groups excluding carboxylic acids is 1. The van der Waals surface area contributed by atoms with E-state index < -0.39 is 0 Å². The molecule has 0 aromatic carbocycles. The van der Waals surface area contributed by atoms with Crippen LogP contribution in [0.1, 0.15) is 10.6 Å². The van der Waals surface area contributed by atoms with Crippen molar-refractivity contribution in [3.63, 3.8) is 0 Å². The van der Waals surface area contributed by atoms with Gasteiger partial charge in [0.05, 0.1) is 0 Å². The summed E-state index contributed by atoms with van der Waals surface area (Å²) in [6.45, 7) is 3.44. The zero-order valence-corrected chi connectivity index (χ0v) is 7.24. The van der Waals surface area contributed by atoms with Gasteiger partial charge < -0.3 is 10.3 Å². The lowest BCUT2D eigenvalue weighted by Crippen LogP contribution is -2.27. The van der Waals surface area contributed by atoms with E-state index in [1.54, 1.807) is 6.20 Å². The van der Waals surface area contributed by atoms with Gasteiger partial charge in [-0.25, -0.2) is 4.98 Å². The molecule has 0 aliphatic heterocycles. The van der Waals surface area contributed by atoms with Crippen LogP contribution in [-0.4, -0.2) is 28.6 Å². The highest BCUT2D eigenvalue weighted by Crippen LogP contribution is 1.91. The second-order valence-electron chi connectivity index (χ2n) is 2.19. The highest BCUT2D eigenvalue weighted by molar-refractivity contribution is 6.44. The van der Waals surface area contributed by atoms with Gasteiger partial charge in [0.25, 0.3) is 5.78 Å². The largest absolute Gasteiger partial charge is 0.344 e. The fourth-order valence-electron chi connectivity index (χ4n) is 0.830. The summed E-state index contributed by atoms with van der Waals surface area (Å²) in [5, 5.41) is 2.62. The van der Waals surface area contributed by atoms with Crippen LogP contribution in [0.25, 0.3) is 0 Å². The standard InChI is InChI=1S/C8H10N4O/c1-3-10-7(9-2)6(13)8-11-4-5-12-8/h3-5H,1H2,2H3,(H,9,10)(H,11,12). The normalized spacial score (nSPS) is 11.0. The summed E-state index contributed by atoms with van der Waals surface area (Å²) < 4.78 is 0. The lowest BCUT2D eigenvalue weighted by atomic mass is 10.3. The van der Waals surface area contributed by atoms with Gasteiger partial charge in [-0.05, 0) is 6.20 Å². The second kappa shape index (κ2) is 4.20. The molecule has 0 radical (unpaired) electrons. The van der Waals surface area contributed by atoms with Gasteiger partial charge in [-0.2, -0.15) is 0 Å². The highest BCUT2D eigenvalue weighted by atomic mass is 16.1. The molecule has 13 heavy (non-hydrogen) atoms. The van der Waals surface area contributed by atoms with Gasteiger partial charge in [-0.1, -0.05) is 6.58 Å². The average Bonchev–Trinajstić information content (AvgIpc) is 2.65. The van der Waals surface area contributed by atoms with E-state index in [-0.39, 0.29) is 17.4 Å². The molecule has 5 nitrogen and oxygen atoms in total. The molecular formula is C8H10N4O. The van der Waals surface area contributed by atoms with Crippen molar-refractivity contribution in [3.8, 4) is 0 Å². The zero-order chi connectivity index (χ0) is 9.68. The van der Waals surface area contributed by atoms with E-state index in [1.165, 1.54) is 19.4 Å². The first kappa shape index (κ1) is 9.18. The van der Waals surface area contributed by atoms with Crippen molar-refractivity contribution in [2.24, 2.45) is 4.99 Å². The van der Waals surface area contributed by atoms with Crippen LogP contribution in [0, 0.1) is 0 Å². The van der Waals surface area contributed by atoms with Gasteiger partial charge in [-0.15, -0.1) is 0 Å². The molecule has 0 aliphatic rings. The highest BCUT2D eigenvalue weighted by Gasteiger charge is 2.13. The minimum Gasteiger partial charge on any atom is -0.344 e. The zero-order valence-electron chi connectivity index (χ0n) is 7.24. The Kier molecular flexibility index (Phi) is 2.97. The molecule has 0 spiro atoms. The third-order valence-corrected chi connectivity index (χ3v) is 1.39. The maximum Gasteiger partial charge on any atom is 0.262 e. The van der Waals surface area contributed by atoms with Crippen molar-refractivity contribution in [1.29, 1.82) is 0 Å². The fourth-order valence-corrected chi connectivity index (χ4v) is 0.830. The predicted molar refractivity (Wildman–Crippen MR) is 49.6 cm³/mol. The number of carbonyl (C=O) groups is 1. The minimum atomic E-state index is -0.285. The van der Waals surface area contributed by atoms with E-state index in [2.05, 4.69) is 26.9 Å². The van der Waals surface area contributed by atoms with Crippen molar-refractivity contribution in [1.82, 2.24) is 15.3 Å². The van der Waals surface area contributed by atoms with Crippen LogP contribution in [0.4, 0.5) is 0 Å². The number of nitrogens with one attached hydrogen (secondary N) is 2. The van der Waals surface area contributed by atoms with Crippen LogP contribution < -0.4 is 5.32 Å². The smallest absolute Gasteiger partial charge is 0.262 e. The Bertz CT molecular complexity index is 326. The van der Waals surface area contributed by atoms with Crippen molar-refractivity contribution < 1.29 is 4.79 Å². The summed E-state index contributed by atoms with van der Waals surface area (Å²) in [4.78, 5) is 21.8. The summed E-state index contributed by atoms with van der Waals surface area (Å²) in [7, 11) is 1.52. The molecule has 1 rings (SSSR count). The van der Waals surface area contributed by atoms with Gasteiger partial charge in [0.15, 0.2) is 11.7 Å². The Labute approximate surface area is 75.6 Å². The maximum atomic E-state index is 11.5. The number of hydrogen-bond donors (Lipinski definition) is 2. The van der Waals surface area contributed by atoms with E-state index in [9.17, 15) is 4.79 Å².